The van der Waals surface area contributed by atoms with E-state index in [4.69, 9.17) is 0 Å². The largest absolute Gasteiger partial charge is 0.330 e. The fraction of sp³-hybridized carbons (Fsp3) is 0.318. The van der Waals surface area contributed by atoms with Crippen molar-refractivity contribution in [2.45, 2.75) is 29.6 Å². The summed E-state index contributed by atoms with van der Waals surface area (Å²) >= 11 is 1.12. The number of thiophene rings is 1. The number of hydrogen-bond acceptors (Lipinski definition) is 4. The molecule has 3 aromatic rings. The van der Waals surface area contributed by atoms with Crippen molar-refractivity contribution >= 4 is 27.0 Å². The average Bonchev–Trinajstić information content (AvgIpc) is 3.28. The van der Waals surface area contributed by atoms with E-state index in [-0.39, 0.29) is 27.2 Å². The fourth-order valence-corrected chi connectivity index (χ4v) is 6.94. The normalized spacial score (nSPS) is 22.7. The number of benzene rings is 1. The lowest BCUT2D eigenvalue weighted by molar-refractivity contribution is -0.924. The first-order chi connectivity index (χ1) is 14.9. The van der Waals surface area contributed by atoms with E-state index in [1.807, 2.05) is 18.2 Å². The molecule has 2 bridgehead atoms. The van der Waals surface area contributed by atoms with E-state index >= 15 is 0 Å². The predicted octanol–water partition coefficient (Wildman–Crippen LogP) is 2.05. The number of nitrogens with zero attached hydrogens (tertiary/aromatic N) is 1. The standard InChI is InChI=1S/C22H22FN3O3S2/c23-18-5-3-15(4-6-18)11-25-12-16-10-17(14-25)20-8-7-19(22(27)26(20)13-16)24-31(28,29)21-2-1-9-30-21/h1-9,16-17,24H,10-14H2/p+1/t16-,17+/m0/s1. The monoisotopic (exact) mass is 460 g/mol. The van der Waals surface area contributed by atoms with E-state index in [9.17, 15) is 17.6 Å². The lowest BCUT2D eigenvalue weighted by Gasteiger charge is -2.40. The average molecular weight is 461 g/mol. The number of pyridine rings is 1. The number of hydrogen-bond donors (Lipinski definition) is 2. The third-order valence-electron chi connectivity index (χ3n) is 6.17. The number of quaternary nitrogens is 1. The molecule has 4 heterocycles. The van der Waals surface area contributed by atoms with Crippen LogP contribution in [0, 0.1) is 11.7 Å². The topological polar surface area (TPSA) is 72.6 Å². The van der Waals surface area contributed by atoms with Gasteiger partial charge in [-0.2, -0.15) is 0 Å². The van der Waals surface area contributed by atoms with Gasteiger partial charge in [0, 0.05) is 29.6 Å². The van der Waals surface area contributed by atoms with Gasteiger partial charge in [-0.3, -0.25) is 9.52 Å². The van der Waals surface area contributed by atoms with E-state index in [1.54, 1.807) is 22.1 Å². The molecule has 2 aliphatic rings. The highest BCUT2D eigenvalue weighted by Crippen LogP contribution is 2.31. The molecule has 1 fully saturated rings. The van der Waals surface area contributed by atoms with Gasteiger partial charge in [0.25, 0.3) is 15.6 Å². The molecular weight excluding hydrogens is 437 g/mol. The zero-order valence-electron chi connectivity index (χ0n) is 16.8. The number of piperidine rings is 1. The molecule has 1 saturated heterocycles. The Bertz CT molecular complexity index is 1250. The molecule has 2 N–H and O–H groups in total. The van der Waals surface area contributed by atoms with Crippen LogP contribution >= 0.6 is 11.3 Å². The summed E-state index contributed by atoms with van der Waals surface area (Å²) in [5.74, 6) is 0.371. The van der Waals surface area contributed by atoms with Gasteiger partial charge in [-0.25, -0.2) is 12.8 Å². The minimum atomic E-state index is -3.76. The molecule has 1 unspecified atom stereocenters. The minimum absolute atomic E-state index is 0.0904. The number of halogens is 1. The Morgan fingerprint density at radius 3 is 2.68 bits per heavy atom. The second-order valence-electron chi connectivity index (χ2n) is 8.39. The number of aromatic nitrogens is 1. The van der Waals surface area contributed by atoms with Gasteiger partial charge in [0.1, 0.15) is 22.3 Å². The Labute approximate surface area is 184 Å². The summed E-state index contributed by atoms with van der Waals surface area (Å²) < 4.78 is 42.7. The molecule has 3 atom stereocenters. The molecule has 6 nitrogen and oxygen atoms in total. The Kier molecular flexibility index (Phi) is 5.19. The van der Waals surface area contributed by atoms with Crippen LogP contribution in [0.5, 0.6) is 0 Å². The molecule has 2 aliphatic heterocycles. The molecule has 1 aromatic carbocycles. The first kappa shape index (κ1) is 20.4. The molecule has 31 heavy (non-hydrogen) atoms. The number of likely N-dealkylation sites (tertiary alicyclic amines) is 1. The van der Waals surface area contributed by atoms with Crippen LogP contribution in [0.25, 0.3) is 0 Å². The van der Waals surface area contributed by atoms with E-state index in [1.165, 1.54) is 23.1 Å². The zero-order valence-corrected chi connectivity index (χ0v) is 18.4. The summed E-state index contributed by atoms with van der Waals surface area (Å²) in [6, 6.07) is 13.3. The van der Waals surface area contributed by atoms with Crippen LogP contribution in [-0.2, 0) is 23.1 Å². The summed E-state index contributed by atoms with van der Waals surface area (Å²) in [6.07, 6.45) is 1.03. The predicted molar refractivity (Wildman–Crippen MR) is 117 cm³/mol. The molecule has 0 saturated carbocycles. The highest BCUT2D eigenvalue weighted by atomic mass is 32.2. The summed E-state index contributed by atoms with van der Waals surface area (Å²) in [5, 5.41) is 1.69. The number of anilines is 1. The Balaban J connectivity index is 1.38. The van der Waals surface area contributed by atoms with E-state index in [0.717, 1.165) is 48.6 Å². The van der Waals surface area contributed by atoms with Crippen LogP contribution in [0.4, 0.5) is 10.1 Å². The van der Waals surface area contributed by atoms with Crippen molar-refractivity contribution in [1.29, 1.82) is 0 Å². The molecule has 0 amide bonds. The maximum Gasteiger partial charge on any atom is 0.275 e. The van der Waals surface area contributed by atoms with Crippen molar-refractivity contribution in [3.63, 3.8) is 0 Å². The number of fused-ring (bicyclic) bond motifs is 4. The lowest BCUT2D eigenvalue weighted by Crippen LogP contribution is -3.13. The number of rotatable bonds is 5. The molecule has 5 rings (SSSR count). The SMILES string of the molecule is O=c1c(NS(=O)(=O)c2cccs2)ccc2n1C[C@H]1C[C@@H]2C[NH+](Cc2ccc(F)cc2)C1. The third-order valence-corrected chi connectivity index (χ3v) is 8.93. The smallest absolute Gasteiger partial charge is 0.275 e. The van der Waals surface area contributed by atoms with Crippen molar-refractivity contribution in [3.05, 3.63) is 81.3 Å². The lowest BCUT2D eigenvalue weighted by atomic mass is 9.83. The first-order valence-electron chi connectivity index (χ1n) is 10.3. The summed E-state index contributed by atoms with van der Waals surface area (Å²) in [4.78, 5) is 14.5. The van der Waals surface area contributed by atoms with Gasteiger partial charge < -0.3 is 9.47 Å². The second-order valence-corrected chi connectivity index (χ2v) is 11.2. The molecule has 0 aliphatic carbocycles. The fourth-order valence-electron chi connectivity index (χ4n) is 4.89. The van der Waals surface area contributed by atoms with Gasteiger partial charge in [0.15, 0.2) is 0 Å². The van der Waals surface area contributed by atoms with Crippen molar-refractivity contribution in [2.75, 3.05) is 17.8 Å². The quantitative estimate of drug-likeness (QED) is 0.612. The van der Waals surface area contributed by atoms with Crippen molar-refractivity contribution in [2.24, 2.45) is 5.92 Å². The summed E-state index contributed by atoms with van der Waals surface area (Å²) in [5.41, 5.74) is 1.88. The van der Waals surface area contributed by atoms with Crippen molar-refractivity contribution in [1.82, 2.24) is 4.57 Å². The summed E-state index contributed by atoms with van der Waals surface area (Å²) in [7, 11) is -3.76. The maximum atomic E-state index is 13.2. The van der Waals surface area contributed by atoms with Crippen molar-refractivity contribution in [3.8, 4) is 0 Å². The summed E-state index contributed by atoms with van der Waals surface area (Å²) in [6.45, 7) is 3.25. The van der Waals surface area contributed by atoms with Gasteiger partial charge in [-0.15, -0.1) is 11.3 Å². The van der Waals surface area contributed by atoms with Gasteiger partial charge in [0.05, 0.1) is 13.1 Å². The van der Waals surface area contributed by atoms with Crippen LogP contribution < -0.4 is 15.2 Å². The third kappa shape index (κ3) is 4.05. The Morgan fingerprint density at radius 2 is 1.94 bits per heavy atom. The molecule has 9 heteroatoms. The van der Waals surface area contributed by atoms with Gasteiger partial charge in [-0.1, -0.05) is 18.2 Å². The maximum absolute atomic E-state index is 13.2. The zero-order chi connectivity index (χ0) is 21.6. The second kappa shape index (κ2) is 7.89. The van der Waals surface area contributed by atoms with Crippen LogP contribution in [-0.4, -0.2) is 26.1 Å². The Hall–Kier alpha value is -2.49. The van der Waals surface area contributed by atoms with Crippen LogP contribution in [0.15, 0.2) is 62.9 Å². The molecule has 0 radical (unpaired) electrons. The molecule has 2 aromatic heterocycles. The van der Waals surface area contributed by atoms with Gasteiger partial charge in [-0.05, 0) is 42.1 Å². The highest BCUT2D eigenvalue weighted by molar-refractivity contribution is 7.94. The Morgan fingerprint density at radius 1 is 1.13 bits per heavy atom. The van der Waals surface area contributed by atoms with Gasteiger partial charge >= 0.3 is 0 Å². The molecule has 162 valence electrons. The molecular formula is C22H23FN3O3S2+. The highest BCUT2D eigenvalue weighted by Gasteiger charge is 2.37. The number of sulfonamides is 1. The van der Waals surface area contributed by atoms with E-state index < -0.39 is 10.0 Å². The molecule has 0 spiro atoms. The number of nitrogens with one attached hydrogen (secondary N) is 2. The van der Waals surface area contributed by atoms with Crippen molar-refractivity contribution < 1.29 is 17.7 Å². The van der Waals surface area contributed by atoms with Gasteiger partial charge in [0.2, 0.25) is 0 Å². The van der Waals surface area contributed by atoms with Crippen LogP contribution in [0.3, 0.4) is 0 Å². The minimum Gasteiger partial charge on any atom is -0.330 e. The van der Waals surface area contributed by atoms with Crippen LogP contribution in [0.2, 0.25) is 0 Å². The van der Waals surface area contributed by atoms with Crippen LogP contribution in [0.1, 0.15) is 23.6 Å². The van der Waals surface area contributed by atoms with E-state index in [0.29, 0.717) is 12.5 Å². The van der Waals surface area contributed by atoms with E-state index in [2.05, 4.69) is 4.72 Å². The first-order valence-corrected chi connectivity index (χ1v) is 12.6.